The molecule has 0 radical (unpaired) electrons. The van der Waals surface area contributed by atoms with Crippen LogP contribution in [0, 0.1) is 5.82 Å². The summed E-state index contributed by atoms with van der Waals surface area (Å²) >= 11 is 0. The number of anilines is 1. The van der Waals surface area contributed by atoms with Gasteiger partial charge < -0.3 is 10.4 Å². The standard InChI is InChI=1S/C20H26FN3O/c21-14-5-6-16-17(7-10-22-18(16)13-14)23-15-8-11-24(12-9-15)19-3-1-2-4-20(19)25/h5-7,10,13,15,19-20,25H,1-4,8-9,11-12H2,(H,22,23). The van der Waals surface area contributed by atoms with Crippen molar-refractivity contribution in [2.45, 2.75) is 56.7 Å². The van der Waals surface area contributed by atoms with Crippen LogP contribution < -0.4 is 5.32 Å². The molecule has 1 aliphatic heterocycles. The number of nitrogens with one attached hydrogen (secondary N) is 1. The van der Waals surface area contributed by atoms with E-state index < -0.39 is 0 Å². The third kappa shape index (κ3) is 3.62. The summed E-state index contributed by atoms with van der Waals surface area (Å²) in [6.45, 7) is 2.05. The van der Waals surface area contributed by atoms with E-state index in [9.17, 15) is 9.50 Å². The monoisotopic (exact) mass is 343 g/mol. The first-order chi connectivity index (χ1) is 12.2. The van der Waals surface area contributed by atoms with E-state index >= 15 is 0 Å². The predicted molar refractivity (Wildman–Crippen MR) is 98.2 cm³/mol. The molecule has 134 valence electrons. The summed E-state index contributed by atoms with van der Waals surface area (Å²) in [5.41, 5.74) is 1.72. The average molecular weight is 343 g/mol. The van der Waals surface area contributed by atoms with E-state index in [1.165, 1.54) is 18.6 Å². The maximum Gasteiger partial charge on any atom is 0.125 e. The van der Waals surface area contributed by atoms with Crippen LogP contribution in [0.15, 0.2) is 30.5 Å². The lowest BCUT2D eigenvalue weighted by molar-refractivity contribution is 0.00994. The quantitative estimate of drug-likeness (QED) is 0.895. The van der Waals surface area contributed by atoms with Gasteiger partial charge in [0.05, 0.1) is 11.6 Å². The van der Waals surface area contributed by atoms with Gasteiger partial charge >= 0.3 is 0 Å². The van der Waals surface area contributed by atoms with E-state index in [0.717, 1.165) is 56.3 Å². The number of fused-ring (bicyclic) bond motifs is 1. The van der Waals surface area contributed by atoms with Crippen LogP contribution in [0.1, 0.15) is 38.5 Å². The number of hydrogen-bond donors (Lipinski definition) is 2. The van der Waals surface area contributed by atoms with Crippen molar-refractivity contribution in [2.75, 3.05) is 18.4 Å². The summed E-state index contributed by atoms with van der Waals surface area (Å²) in [6, 6.07) is 7.49. The number of halogens is 1. The SMILES string of the molecule is OC1CCCCC1N1CCC(Nc2ccnc3cc(F)ccc23)CC1. The summed E-state index contributed by atoms with van der Waals surface area (Å²) < 4.78 is 13.4. The van der Waals surface area contributed by atoms with E-state index in [2.05, 4.69) is 15.2 Å². The number of piperidine rings is 1. The molecule has 4 rings (SSSR count). The predicted octanol–water partition coefficient (Wildman–Crippen LogP) is 3.55. The van der Waals surface area contributed by atoms with Crippen molar-refractivity contribution in [3.63, 3.8) is 0 Å². The minimum atomic E-state index is -0.253. The molecule has 2 heterocycles. The summed E-state index contributed by atoms with van der Waals surface area (Å²) in [4.78, 5) is 6.74. The van der Waals surface area contributed by atoms with Crippen LogP contribution in [0.25, 0.3) is 10.9 Å². The van der Waals surface area contributed by atoms with Gasteiger partial charge in [0.25, 0.3) is 0 Å². The number of pyridine rings is 1. The first kappa shape index (κ1) is 16.7. The lowest BCUT2D eigenvalue weighted by Crippen LogP contribution is -2.50. The number of likely N-dealkylation sites (tertiary alicyclic amines) is 1. The van der Waals surface area contributed by atoms with Gasteiger partial charge in [-0.3, -0.25) is 9.88 Å². The van der Waals surface area contributed by atoms with Gasteiger partial charge in [-0.15, -0.1) is 0 Å². The molecule has 5 heteroatoms. The lowest BCUT2D eigenvalue weighted by atomic mass is 9.89. The Balaban J connectivity index is 1.40. The number of benzene rings is 1. The molecule has 2 atom stereocenters. The van der Waals surface area contributed by atoms with Crippen molar-refractivity contribution in [1.29, 1.82) is 0 Å². The Morgan fingerprint density at radius 2 is 1.88 bits per heavy atom. The van der Waals surface area contributed by atoms with Crippen molar-refractivity contribution >= 4 is 16.6 Å². The molecule has 0 amide bonds. The van der Waals surface area contributed by atoms with Crippen molar-refractivity contribution < 1.29 is 9.50 Å². The number of hydrogen-bond acceptors (Lipinski definition) is 4. The zero-order valence-corrected chi connectivity index (χ0v) is 14.5. The summed E-state index contributed by atoms with van der Waals surface area (Å²) in [5.74, 6) is -0.253. The number of aromatic nitrogens is 1. The third-order valence-electron chi connectivity index (χ3n) is 5.76. The fraction of sp³-hybridized carbons (Fsp3) is 0.550. The fourth-order valence-corrected chi connectivity index (χ4v) is 4.36. The summed E-state index contributed by atoms with van der Waals surface area (Å²) in [6.07, 6.45) is 8.17. The molecule has 1 saturated heterocycles. The van der Waals surface area contributed by atoms with Crippen molar-refractivity contribution in [3.05, 3.63) is 36.3 Å². The largest absolute Gasteiger partial charge is 0.391 e. The highest BCUT2D eigenvalue weighted by atomic mass is 19.1. The maximum atomic E-state index is 13.4. The Kier molecular flexibility index (Phi) is 4.86. The van der Waals surface area contributed by atoms with Crippen molar-refractivity contribution in [3.8, 4) is 0 Å². The molecule has 2 N–H and O–H groups in total. The molecular weight excluding hydrogens is 317 g/mol. The fourth-order valence-electron chi connectivity index (χ4n) is 4.36. The maximum absolute atomic E-state index is 13.4. The molecule has 1 saturated carbocycles. The highest BCUT2D eigenvalue weighted by molar-refractivity contribution is 5.91. The van der Waals surface area contributed by atoms with E-state index in [0.29, 0.717) is 17.6 Å². The van der Waals surface area contributed by atoms with Crippen LogP contribution in [-0.4, -0.2) is 46.3 Å². The first-order valence-electron chi connectivity index (χ1n) is 9.43. The van der Waals surface area contributed by atoms with Crippen LogP contribution in [0.2, 0.25) is 0 Å². The lowest BCUT2D eigenvalue weighted by Gasteiger charge is -2.41. The average Bonchev–Trinajstić information content (AvgIpc) is 2.63. The molecule has 25 heavy (non-hydrogen) atoms. The van der Waals surface area contributed by atoms with Gasteiger partial charge in [0.2, 0.25) is 0 Å². The smallest absolute Gasteiger partial charge is 0.125 e. The molecule has 1 aromatic heterocycles. The molecule has 2 aromatic rings. The number of nitrogens with zero attached hydrogens (tertiary/aromatic N) is 2. The molecule has 0 bridgehead atoms. The topological polar surface area (TPSA) is 48.4 Å². The Morgan fingerprint density at radius 3 is 2.68 bits per heavy atom. The molecule has 2 aliphatic rings. The van der Waals surface area contributed by atoms with Crippen LogP contribution >= 0.6 is 0 Å². The van der Waals surface area contributed by atoms with Gasteiger partial charge in [-0.25, -0.2) is 4.39 Å². The molecule has 4 nitrogen and oxygen atoms in total. The zero-order valence-electron chi connectivity index (χ0n) is 14.5. The van der Waals surface area contributed by atoms with Crippen LogP contribution in [0.5, 0.6) is 0 Å². The first-order valence-corrected chi connectivity index (χ1v) is 9.43. The number of aliphatic hydroxyl groups excluding tert-OH is 1. The molecule has 1 aromatic carbocycles. The van der Waals surface area contributed by atoms with E-state index in [-0.39, 0.29) is 11.9 Å². The second-order valence-electron chi connectivity index (χ2n) is 7.39. The van der Waals surface area contributed by atoms with Crippen LogP contribution in [0.3, 0.4) is 0 Å². The third-order valence-corrected chi connectivity index (χ3v) is 5.76. The summed E-state index contributed by atoms with van der Waals surface area (Å²) in [7, 11) is 0. The second-order valence-corrected chi connectivity index (χ2v) is 7.39. The number of rotatable bonds is 3. The van der Waals surface area contributed by atoms with E-state index in [1.807, 2.05) is 6.07 Å². The Hall–Kier alpha value is -1.72. The van der Waals surface area contributed by atoms with Gasteiger partial charge in [0, 0.05) is 48.5 Å². The van der Waals surface area contributed by atoms with Crippen molar-refractivity contribution in [1.82, 2.24) is 9.88 Å². The highest BCUT2D eigenvalue weighted by Gasteiger charge is 2.31. The second kappa shape index (κ2) is 7.26. The van der Waals surface area contributed by atoms with Gasteiger partial charge in [-0.05, 0) is 43.9 Å². The van der Waals surface area contributed by atoms with Crippen molar-refractivity contribution in [2.24, 2.45) is 0 Å². The van der Waals surface area contributed by atoms with E-state index in [1.54, 1.807) is 12.3 Å². The normalized spacial score (nSPS) is 26.0. The molecule has 2 fully saturated rings. The molecule has 0 spiro atoms. The highest BCUT2D eigenvalue weighted by Crippen LogP contribution is 2.28. The Bertz CT molecular complexity index is 730. The molecule has 2 unspecified atom stereocenters. The molecular formula is C20H26FN3O. The van der Waals surface area contributed by atoms with Crippen LogP contribution in [0.4, 0.5) is 10.1 Å². The Labute approximate surface area is 148 Å². The Morgan fingerprint density at radius 1 is 1.08 bits per heavy atom. The van der Waals surface area contributed by atoms with Gasteiger partial charge in [0.1, 0.15) is 5.82 Å². The van der Waals surface area contributed by atoms with Gasteiger partial charge in [-0.1, -0.05) is 12.8 Å². The van der Waals surface area contributed by atoms with E-state index in [4.69, 9.17) is 0 Å². The summed E-state index contributed by atoms with van der Waals surface area (Å²) in [5, 5.41) is 14.9. The van der Waals surface area contributed by atoms with Gasteiger partial charge in [-0.2, -0.15) is 0 Å². The van der Waals surface area contributed by atoms with Gasteiger partial charge in [0.15, 0.2) is 0 Å². The number of aliphatic hydroxyl groups is 1. The minimum absolute atomic E-state index is 0.155. The zero-order chi connectivity index (χ0) is 17.2. The molecule has 1 aliphatic carbocycles. The minimum Gasteiger partial charge on any atom is -0.391 e. The van der Waals surface area contributed by atoms with Crippen LogP contribution in [-0.2, 0) is 0 Å².